The van der Waals surface area contributed by atoms with Gasteiger partial charge >= 0.3 is 0 Å². The van der Waals surface area contributed by atoms with Crippen molar-refractivity contribution < 1.29 is 0 Å². The predicted molar refractivity (Wildman–Crippen MR) is 57.6 cm³/mol. The predicted octanol–water partition coefficient (Wildman–Crippen LogP) is 3.27. The zero-order valence-corrected chi connectivity index (χ0v) is 8.82. The second-order valence-electron chi connectivity index (χ2n) is 5.97. The number of hydrogen-bond donors (Lipinski definition) is 0. The Morgan fingerprint density at radius 3 is 2.64 bits per heavy atom. The second kappa shape index (κ2) is 2.18. The molecule has 0 aromatic rings. The van der Waals surface area contributed by atoms with E-state index in [0.717, 1.165) is 41.4 Å². The molecule has 0 aliphatic heterocycles. The minimum absolute atomic E-state index is 0.828. The molecule has 0 nitrogen and oxygen atoms in total. The molecule has 4 rings (SSSR count). The highest BCUT2D eigenvalue weighted by molar-refractivity contribution is 5.29. The van der Waals surface area contributed by atoms with E-state index in [2.05, 4.69) is 25.7 Å². The first-order valence-electron chi connectivity index (χ1n) is 6.14. The SMILES string of the molecule is C=C1C(C)C2CC1C1C3C=CC(C3)C21. The van der Waals surface area contributed by atoms with Gasteiger partial charge in [-0.2, -0.15) is 0 Å². The second-order valence-corrected chi connectivity index (χ2v) is 5.97. The quantitative estimate of drug-likeness (QED) is 0.402. The van der Waals surface area contributed by atoms with Crippen molar-refractivity contribution in [3.8, 4) is 0 Å². The van der Waals surface area contributed by atoms with E-state index in [1.54, 1.807) is 5.57 Å². The Morgan fingerprint density at radius 2 is 1.86 bits per heavy atom. The Bertz CT molecular complexity index is 338. The van der Waals surface area contributed by atoms with Crippen LogP contribution < -0.4 is 0 Å². The van der Waals surface area contributed by atoms with Crippen molar-refractivity contribution in [3.05, 3.63) is 24.3 Å². The van der Waals surface area contributed by atoms with E-state index in [9.17, 15) is 0 Å². The molecule has 0 saturated heterocycles. The molecule has 0 N–H and O–H groups in total. The van der Waals surface area contributed by atoms with E-state index in [4.69, 9.17) is 0 Å². The van der Waals surface area contributed by atoms with Gasteiger partial charge in [0.15, 0.2) is 0 Å². The van der Waals surface area contributed by atoms with Gasteiger partial charge < -0.3 is 0 Å². The number of allylic oxidation sites excluding steroid dienone is 3. The van der Waals surface area contributed by atoms with Gasteiger partial charge in [0.25, 0.3) is 0 Å². The van der Waals surface area contributed by atoms with Crippen LogP contribution in [0.25, 0.3) is 0 Å². The highest BCUT2D eigenvalue weighted by Crippen LogP contribution is 2.68. The molecular formula is C14H18. The Hall–Kier alpha value is -0.520. The van der Waals surface area contributed by atoms with Crippen molar-refractivity contribution >= 4 is 0 Å². The molecular weight excluding hydrogens is 168 g/mol. The van der Waals surface area contributed by atoms with Crippen LogP contribution in [0.3, 0.4) is 0 Å². The fourth-order valence-corrected chi connectivity index (χ4v) is 5.22. The molecule has 0 aromatic carbocycles. The maximum absolute atomic E-state index is 4.34. The lowest BCUT2D eigenvalue weighted by molar-refractivity contribution is 0.204. The topological polar surface area (TPSA) is 0 Å². The number of rotatable bonds is 0. The fourth-order valence-electron chi connectivity index (χ4n) is 5.22. The smallest absolute Gasteiger partial charge is 0.0163 e. The molecule has 0 radical (unpaired) electrons. The Balaban J connectivity index is 1.81. The average Bonchev–Trinajstić information content (AvgIpc) is 2.87. The van der Waals surface area contributed by atoms with Crippen molar-refractivity contribution in [2.75, 3.05) is 0 Å². The molecule has 0 aromatic heterocycles. The van der Waals surface area contributed by atoms with Gasteiger partial charge in [-0.15, -0.1) is 0 Å². The van der Waals surface area contributed by atoms with Crippen molar-refractivity contribution in [1.82, 2.24) is 0 Å². The summed E-state index contributed by atoms with van der Waals surface area (Å²) >= 11 is 0. The van der Waals surface area contributed by atoms with Crippen molar-refractivity contribution in [2.24, 2.45) is 41.4 Å². The van der Waals surface area contributed by atoms with Gasteiger partial charge in [-0.05, 0) is 54.3 Å². The molecule has 74 valence electrons. The summed E-state index contributed by atoms with van der Waals surface area (Å²) in [6.45, 7) is 6.75. The number of hydrogen-bond acceptors (Lipinski definition) is 0. The Labute approximate surface area is 86.1 Å². The van der Waals surface area contributed by atoms with E-state index < -0.39 is 0 Å². The summed E-state index contributed by atoms with van der Waals surface area (Å²) in [7, 11) is 0. The van der Waals surface area contributed by atoms with Crippen LogP contribution in [0.4, 0.5) is 0 Å². The molecule has 0 heteroatoms. The molecule has 7 unspecified atom stereocenters. The minimum Gasteiger partial charge on any atom is -0.0993 e. The monoisotopic (exact) mass is 186 g/mol. The minimum atomic E-state index is 0.828. The van der Waals surface area contributed by atoms with Crippen LogP contribution >= 0.6 is 0 Å². The van der Waals surface area contributed by atoms with Gasteiger partial charge in [0.05, 0.1) is 0 Å². The maximum Gasteiger partial charge on any atom is -0.0163 e. The molecule has 4 bridgehead atoms. The summed E-state index contributed by atoms with van der Waals surface area (Å²) in [5.41, 5.74) is 1.59. The summed E-state index contributed by atoms with van der Waals surface area (Å²) in [4.78, 5) is 0. The zero-order valence-electron chi connectivity index (χ0n) is 8.82. The van der Waals surface area contributed by atoms with Crippen molar-refractivity contribution in [2.45, 2.75) is 19.8 Å². The molecule has 0 amide bonds. The van der Waals surface area contributed by atoms with Crippen LogP contribution in [-0.4, -0.2) is 0 Å². The lowest BCUT2D eigenvalue weighted by atomic mass is 9.68. The highest BCUT2D eigenvalue weighted by Gasteiger charge is 2.61. The van der Waals surface area contributed by atoms with Crippen LogP contribution in [-0.2, 0) is 0 Å². The van der Waals surface area contributed by atoms with Crippen LogP contribution in [0, 0.1) is 41.4 Å². The molecule has 0 spiro atoms. The van der Waals surface area contributed by atoms with Crippen LogP contribution in [0.2, 0.25) is 0 Å². The molecule has 14 heavy (non-hydrogen) atoms. The van der Waals surface area contributed by atoms with Crippen LogP contribution in [0.5, 0.6) is 0 Å². The molecule has 0 heterocycles. The van der Waals surface area contributed by atoms with Gasteiger partial charge in [-0.25, -0.2) is 0 Å². The van der Waals surface area contributed by atoms with Gasteiger partial charge in [-0.1, -0.05) is 31.2 Å². The van der Waals surface area contributed by atoms with Crippen molar-refractivity contribution in [1.29, 1.82) is 0 Å². The summed E-state index contributed by atoms with van der Waals surface area (Å²) in [6.07, 6.45) is 7.97. The third-order valence-corrected chi connectivity index (χ3v) is 5.77. The Kier molecular flexibility index (Phi) is 1.20. The standard InChI is InChI=1S/C14H18/c1-7-8(2)12-6-11(7)13-9-3-4-10(5-9)14(12)13/h3-4,8-14H,1,5-6H2,2H3. The molecule has 4 aliphatic carbocycles. The lowest BCUT2D eigenvalue weighted by Crippen LogP contribution is -2.31. The fraction of sp³-hybridized carbons (Fsp3) is 0.714. The van der Waals surface area contributed by atoms with Gasteiger partial charge in [0.1, 0.15) is 0 Å². The Morgan fingerprint density at radius 1 is 1.14 bits per heavy atom. The molecule has 7 atom stereocenters. The molecule has 3 fully saturated rings. The summed E-state index contributed by atoms with van der Waals surface area (Å²) in [6, 6.07) is 0. The van der Waals surface area contributed by atoms with Gasteiger partial charge in [0.2, 0.25) is 0 Å². The third-order valence-electron chi connectivity index (χ3n) is 5.77. The van der Waals surface area contributed by atoms with E-state index >= 15 is 0 Å². The first-order chi connectivity index (χ1) is 6.77. The zero-order chi connectivity index (χ0) is 9.45. The molecule has 4 aliphatic rings. The normalized spacial score (nSPS) is 62.6. The van der Waals surface area contributed by atoms with Crippen LogP contribution in [0.1, 0.15) is 19.8 Å². The van der Waals surface area contributed by atoms with E-state index in [1.807, 2.05) is 0 Å². The van der Waals surface area contributed by atoms with Gasteiger partial charge in [0, 0.05) is 0 Å². The third kappa shape index (κ3) is 0.637. The number of fused-ring (bicyclic) bond motifs is 9. The largest absolute Gasteiger partial charge is 0.0993 e. The lowest BCUT2D eigenvalue weighted by Gasteiger charge is -2.36. The van der Waals surface area contributed by atoms with Crippen LogP contribution in [0.15, 0.2) is 24.3 Å². The first-order valence-corrected chi connectivity index (χ1v) is 6.14. The first kappa shape index (κ1) is 7.73. The highest BCUT2D eigenvalue weighted by atomic mass is 14.6. The molecule has 3 saturated carbocycles. The average molecular weight is 186 g/mol. The summed E-state index contributed by atoms with van der Waals surface area (Å²) in [5.74, 6) is 6.68. The maximum atomic E-state index is 4.34. The van der Waals surface area contributed by atoms with E-state index in [-0.39, 0.29) is 0 Å². The van der Waals surface area contributed by atoms with Crippen molar-refractivity contribution in [3.63, 3.8) is 0 Å². The van der Waals surface area contributed by atoms with E-state index in [1.165, 1.54) is 12.8 Å². The summed E-state index contributed by atoms with van der Waals surface area (Å²) in [5, 5.41) is 0. The van der Waals surface area contributed by atoms with Gasteiger partial charge in [-0.3, -0.25) is 0 Å². The van der Waals surface area contributed by atoms with E-state index in [0.29, 0.717) is 0 Å². The summed E-state index contributed by atoms with van der Waals surface area (Å²) < 4.78 is 0.